The van der Waals surface area contributed by atoms with Gasteiger partial charge in [0.15, 0.2) is 0 Å². The summed E-state index contributed by atoms with van der Waals surface area (Å²) >= 11 is 7.48. The molecule has 0 amide bonds. The molecule has 0 fully saturated rings. The normalized spacial score (nSPS) is 10.4. The highest BCUT2D eigenvalue weighted by Gasteiger charge is 2.17. The molecule has 0 radical (unpaired) electrons. The number of carboxylic acids is 2. The first-order valence-corrected chi connectivity index (χ1v) is 8.47. The lowest BCUT2D eigenvalue weighted by Gasteiger charge is -2.13. The van der Waals surface area contributed by atoms with E-state index in [2.05, 4.69) is 28.6 Å². The minimum Gasteiger partial charge on any atom is -0.488 e. The fraction of sp³-hybridized carbons (Fsp3) is 0.176. The number of aryl methyl sites for hydroxylation is 1. The molecule has 0 unspecified atom stereocenters. The molecule has 2 N–H and O–H groups in total. The van der Waals surface area contributed by atoms with Crippen LogP contribution in [0.5, 0.6) is 5.75 Å². The van der Waals surface area contributed by atoms with Crippen LogP contribution in [0.4, 0.5) is 0 Å². The summed E-state index contributed by atoms with van der Waals surface area (Å²) in [5.41, 5.74) is 1.51. The molecule has 0 bridgehead atoms. The number of carbonyl (C=O) groups is 2. The maximum Gasteiger partial charge on any atom is 0.339 e. The highest BCUT2D eigenvalue weighted by Crippen LogP contribution is 2.26. The molecule has 0 aliphatic rings. The molecule has 126 valence electrons. The molecule has 2 aromatic rings. The first kappa shape index (κ1) is 18.4. The van der Waals surface area contributed by atoms with Crippen LogP contribution in [-0.2, 0) is 13.0 Å². The molecule has 2 rings (SSSR count). The molecule has 5 nitrogen and oxygen atoms in total. The molecular formula is C17H15BrO5S. The summed E-state index contributed by atoms with van der Waals surface area (Å²) in [6.07, 6.45) is 0.514. The Bertz CT molecular complexity index is 776. The third kappa shape index (κ3) is 4.30. The number of carboxylic acid groups (broad SMARTS) is 2. The van der Waals surface area contributed by atoms with Gasteiger partial charge in [-0.3, -0.25) is 0 Å². The Balaban J connectivity index is 2.29. The van der Waals surface area contributed by atoms with Crippen molar-refractivity contribution >= 4 is 40.5 Å². The van der Waals surface area contributed by atoms with Gasteiger partial charge in [0.05, 0.1) is 5.56 Å². The number of ether oxygens (including phenoxy) is 1. The molecule has 24 heavy (non-hydrogen) atoms. The van der Waals surface area contributed by atoms with Crippen molar-refractivity contribution in [3.63, 3.8) is 0 Å². The highest BCUT2D eigenvalue weighted by atomic mass is 79.9. The minimum atomic E-state index is -1.07. The third-order valence-corrected chi connectivity index (χ3v) is 4.38. The average Bonchev–Trinajstić information content (AvgIpc) is 2.54. The lowest BCUT2D eigenvalue weighted by molar-refractivity contribution is 0.0683. The van der Waals surface area contributed by atoms with Crippen molar-refractivity contribution in [2.75, 3.05) is 5.75 Å². The third-order valence-electron chi connectivity index (χ3n) is 3.38. The van der Waals surface area contributed by atoms with Gasteiger partial charge in [0, 0.05) is 10.0 Å². The number of hydrogen-bond acceptors (Lipinski definition) is 4. The predicted molar refractivity (Wildman–Crippen MR) is 96.4 cm³/mol. The summed E-state index contributed by atoms with van der Waals surface area (Å²) in [6.45, 7) is 0.0479. The summed E-state index contributed by atoms with van der Waals surface area (Å²) in [5, 5.41) is 18.5. The van der Waals surface area contributed by atoms with Crippen molar-refractivity contribution in [1.82, 2.24) is 0 Å². The SMILES string of the molecule is O=C(O)c1ccc(Br)c(COc2cccc(CCS)c2C(=O)O)c1. The number of hydrogen-bond donors (Lipinski definition) is 3. The van der Waals surface area contributed by atoms with Crippen molar-refractivity contribution in [2.45, 2.75) is 13.0 Å². The van der Waals surface area contributed by atoms with Gasteiger partial charge >= 0.3 is 11.9 Å². The van der Waals surface area contributed by atoms with Crippen LogP contribution in [0.15, 0.2) is 40.9 Å². The van der Waals surface area contributed by atoms with Crippen LogP contribution in [-0.4, -0.2) is 27.9 Å². The Labute approximate surface area is 152 Å². The van der Waals surface area contributed by atoms with Crippen LogP contribution in [0.2, 0.25) is 0 Å². The summed E-state index contributed by atoms with van der Waals surface area (Å²) in [6, 6.07) is 9.63. The molecule has 0 aromatic heterocycles. The lowest BCUT2D eigenvalue weighted by Crippen LogP contribution is -2.08. The Kier molecular flexibility index (Phi) is 6.28. The number of aromatic carboxylic acids is 2. The molecule has 0 atom stereocenters. The second-order valence-electron chi connectivity index (χ2n) is 4.97. The largest absolute Gasteiger partial charge is 0.488 e. The summed E-state index contributed by atoms with van der Waals surface area (Å²) in [4.78, 5) is 22.6. The zero-order chi connectivity index (χ0) is 17.7. The van der Waals surface area contributed by atoms with Gasteiger partial charge in [-0.1, -0.05) is 28.1 Å². The molecular weight excluding hydrogens is 396 g/mol. The molecule has 0 heterocycles. The molecule has 2 aromatic carbocycles. The minimum absolute atomic E-state index is 0.0479. The second-order valence-corrected chi connectivity index (χ2v) is 6.27. The molecule has 0 spiro atoms. The predicted octanol–water partition coefficient (Wildman–Crippen LogP) is 3.90. The first-order valence-electron chi connectivity index (χ1n) is 7.04. The summed E-state index contributed by atoms with van der Waals surface area (Å²) in [7, 11) is 0. The molecule has 0 saturated heterocycles. The van der Waals surface area contributed by atoms with Crippen LogP contribution in [0, 0.1) is 0 Å². The fourth-order valence-electron chi connectivity index (χ4n) is 2.24. The number of halogens is 1. The first-order chi connectivity index (χ1) is 11.4. The maximum atomic E-state index is 11.5. The van der Waals surface area contributed by atoms with Crippen molar-refractivity contribution in [3.05, 3.63) is 63.1 Å². The van der Waals surface area contributed by atoms with Gasteiger partial charge in [0.25, 0.3) is 0 Å². The average molecular weight is 411 g/mol. The quantitative estimate of drug-likeness (QED) is 0.602. The number of benzene rings is 2. The van der Waals surface area contributed by atoms with Gasteiger partial charge in [-0.2, -0.15) is 12.6 Å². The van der Waals surface area contributed by atoms with Crippen molar-refractivity contribution in [3.8, 4) is 5.75 Å². The Morgan fingerprint density at radius 2 is 1.83 bits per heavy atom. The van der Waals surface area contributed by atoms with Gasteiger partial charge in [0.1, 0.15) is 17.9 Å². The monoisotopic (exact) mass is 410 g/mol. The summed E-state index contributed by atoms with van der Waals surface area (Å²) < 4.78 is 6.35. The van der Waals surface area contributed by atoms with Crippen LogP contribution in [0.25, 0.3) is 0 Å². The Morgan fingerprint density at radius 1 is 1.08 bits per heavy atom. The van der Waals surface area contributed by atoms with Gasteiger partial charge in [-0.15, -0.1) is 0 Å². The van der Waals surface area contributed by atoms with Crippen molar-refractivity contribution in [2.24, 2.45) is 0 Å². The summed E-state index contributed by atoms with van der Waals surface area (Å²) in [5.74, 6) is -1.34. The van der Waals surface area contributed by atoms with E-state index in [0.29, 0.717) is 27.8 Å². The van der Waals surface area contributed by atoms with Gasteiger partial charge in [0.2, 0.25) is 0 Å². The van der Waals surface area contributed by atoms with Crippen LogP contribution < -0.4 is 4.74 Å². The van der Waals surface area contributed by atoms with Crippen molar-refractivity contribution in [1.29, 1.82) is 0 Å². The number of thiol groups is 1. The van der Waals surface area contributed by atoms with Gasteiger partial charge < -0.3 is 14.9 Å². The molecule has 0 saturated carbocycles. The van der Waals surface area contributed by atoms with Gasteiger partial charge in [-0.05, 0) is 42.0 Å². The van der Waals surface area contributed by atoms with E-state index in [0.717, 1.165) is 0 Å². The Hall–Kier alpha value is -1.99. The molecule has 0 aliphatic carbocycles. The molecule has 7 heteroatoms. The number of rotatable bonds is 7. The van der Waals surface area contributed by atoms with Crippen LogP contribution in [0.1, 0.15) is 31.8 Å². The fourth-order valence-corrected chi connectivity index (χ4v) is 2.84. The van der Waals surface area contributed by atoms with E-state index >= 15 is 0 Å². The zero-order valence-corrected chi connectivity index (χ0v) is 15.0. The highest BCUT2D eigenvalue weighted by molar-refractivity contribution is 9.10. The van der Waals surface area contributed by atoms with E-state index in [9.17, 15) is 14.7 Å². The maximum absolute atomic E-state index is 11.5. The van der Waals surface area contributed by atoms with E-state index in [1.54, 1.807) is 24.3 Å². The lowest BCUT2D eigenvalue weighted by atomic mass is 10.0. The van der Waals surface area contributed by atoms with Crippen LogP contribution >= 0.6 is 28.6 Å². The van der Waals surface area contributed by atoms with Gasteiger partial charge in [-0.25, -0.2) is 9.59 Å². The van der Waals surface area contributed by atoms with Crippen molar-refractivity contribution < 1.29 is 24.5 Å². The van der Waals surface area contributed by atoms with Crippen LogP contribution in [0.3, 0.4) is 0 Å². The van der Waals surface area contributed by atoms with E-state index in [-0.39, 0.29) is 23.5 Å². The topological polar surface area (TPSA) is 83.8 Å². The second kappa shape index (κ2) is 8.21. The zero-order valence-electron chi connectivity index (χ0n) is 12.5. The van der Waals surface area contributed by atoms with E-state index < -0.39 is 11.9 Å². The smallest absolute Gasteiger partial charge is 0.339 e. The van der Waals surface area contributed by atoms with E-state index in [4.69, 9.17) is 9.84 Å². The standard InChI is InChI=1S/C17H15BrO5S/c18-13-5-4-11(16(19)20)8-12(13)9-23-14-3-1-2-10(6-7-24)15(14)17(21)22/h1-5,8,24H,6-7,9H2,(H,19,20)(H,21,22). The van der Waals surface area contributed by atoms with E-state index in [1.807, 2.05) is 0 Å². The Morgan fingerprint density at radius 3 is 2.46 bits per heavy atom. The van der Waals surface area contributed by atoms with E-state index in [1.165, 1.54) is 12.1 Å². The molecule has 0 aliphatic heterocycles.